The number of hydrogen-bond acceptors (Lipinski definition) is 4. The van der Waals surface area contributed by atoms with Crippen molar-refractivity contribution in [2.24, 2.45) is 0 Å². The fraction of sp³-hybridized carbons (Fsp3) is 0.429. The number of hydrogen-bond donors (Lipinski definition) is 2. The fourth-order valence-corrected chi connectivity index (χ4v) is 2.88. The van der Waals surface area contributed by atoms with Gasteiger partial charge in [-0.1, -0.05) is 11.6 Å². The van der Waals surface area contributed by atoms with Gasteiger partial charge in [-0.3, -0.25) is 15.0 Å². The quantitative estimate of drug-likeness (QED) is 0.884. The van der Waals surface area contributed by atoms with Gasteiger partial charge in [0.2, 0.25) is 0 Å². The number of carbonyl (C=O) groups excluding carboxylic acids is 1. The Labute approximate surface area is 132 Å². The topological polar surface area (TPSA) is 72.9 Å². The first-order valence-electron chi connectivity index (χ1n) is 6.72. The van der Waals surface area contributed by atoms with E-state index in [4.69, 9.17) is 11.6 Å². The maximum Gasteiger partial charge on any atom is 0.409 e. The van der Waals surface area contributed by atoms with Crippen LogP contribution in [-0.4, -0.2) is 54.2 Å². The van der Waals surface area contributed by atoms with E-state index >= 15 is 0 Å². The second kappa shape index (κ2) is 6.10. The molecule has 0 radical (unpaired) electrons. The summed E-state index contributed by atoms with van der Waals surface area (Å²) in [6.45, 7) is 1.98. The number of rotatable bonds is 3. The van der Waals surface area contributed by atoms with Crippen LogP contribution >= 0.6 is 11.6 Å². The van der Waals surface area contributed by atoms with E-state index in [0.717, 1.165) is 4.90 Å². The van der Waals surface area contributed by atoms with E-state index in [0.29, 0.717) is 12.2 Å². The Morgan fingerprint density at radius 1 is 1.41 bits per heavy atom. The number of carboxylic acid groups (broad SMARTS) is 1. The Morgan fingerprint density at radius 3 is 2.59 bits per heavy atom. The number of Topliss-reactive ketones (excluding diaryl/α,β-unsaturated/α-hetero) is 1. The molecule has 0 spiro atoms. The SMILES string of the molecule is CNC1(C(C)=O)CN(c2ccc(F)c(Cl)c2)CCN1C(=O)O. The molecular formula is C14H17ClFN3O3. The highest BCUT2D eigenvalue weighted by atomic mass is 35.5. The molecule has 1 aliphatic rings. The summed E-state index contributed by atoms with van der Waals surface area (Å²) >= 11 is 5.79. The summed E-state index contributed by atoms with van der Waals surface area (Å²) in [4.78, 5) is 26.4. The number of likely N-dealkylation sites (N-methyl/N-ethyl adjacent to an activating group) is 1. The molecule has 1 atom stereocenters. The van der Waals surface area contributed by atoms with Crippen molar-refractivity contribution in [2.45, 2.75) is 12.6 Å². The highest BCUT2D eigenvalue weighted by molar-refractivity contribution is 6.31. The Bertz CT molecular complexity index is 613. The van der Waals surface area contributed by atoms with Gasteiger partial charge in [-0.15, -0.1) is 0 Å². The maximum absolute atomic E-state index is 13.3. The van der Waals surface area contributed by atoms with Gasteiger partial charge in [0.1, 0.15) is 5.82 Å². The van der Waals surface area contributed by atoms with Gasteiger partial charge in [0.15, 0.2) is 11.4 Å². The average Bonchev–Trinajstić information content (AvgIpc) is 2.48. The predicted molar refractivity (Wildman–Crippen MR) is 80.8 cm³/mol. The molecule has 1 aliphatic heterocycles. The molecule has 1 aromatic carbocycles. The van der Waals surface area contributed by atoms with Crippen molar-refractivity contribution in [3.8, 4) is 0 Å². The van der Waals surface area contributed by atoms with E-state index in [1.807, 2.05) is 4.90 Å². The summed E-state index contributed by atoms with van der Waals surface area (Å²) in [5.74, 6) is -0.837. The smallest absolute Gasteiger partial charge is 0.409 e. The normalized spacial score (nSPS) is 21.8. The Kier molecular flexibility index (Phi) is 4.58. The number of halogens is 2. The molecule has 0 aromatic heterocycles. The minimum absolute atomic E-state index is 0.0175. The number of ketones is 1. The van der Waals surface area contributed by atoms with Crippen molar-refractivity contribution >= 4 is 29.2 Å². The minimum atomic E-state index is -1.34. The second-order valence-electron chi connectivity index (χ2n) is 5.12. The first-order valence-corrected chi connectivity index (χ1v) is 7.10. The molecule has 120 valence electrons. The van der Waals surface area contributed by atoms with Crippen LogP contribution in [0.2, 0.25) is 5.02 Å². The number of nitrogens with one attached hydrogen (secondary N) is 1. The number of amides is 1. The van der Waals surface area contributed by atoms with E-state index in [1.165, 1.54) is 19.1 Å². The molecule has 2 rings (SSSR count). The zero-order chi connectivity index (χ0) is 16.5. The lowest BCUT2D eigenvalue weighted by atomic mass is 9.99. The van der Waals surface area contributed by atoms with Crippen LogP contribution in [0.3, 0.4) is 0 Å². The first kappa shape index (κ1) is 16.5. The molecule has 0 aliphatic carbocycles. The van der Waals surface area contributed by atoms with Crippen molar-refractivity contribution in [2.75, 3.05) is 31.6 Å². The largest absolute Gasteiger partial charge is 0.465 e. The van der Waals surface area contributed by atoms with E-state index in [2.05, 4.69) is 5.32 Å². The van der Waals surface area contributed by atoms with Crippen LogP contribution in [0.1, 0.15) is 6.92 Å². The van der Waals surface area contributed by atoms with Crippen LogP contribution in [0.4, 0.5) is 14.9 Å². The van der Waals surface area contributed by atoms with E-state index < -0.39 is 17.6 Å². The van der Waals surface area contributed by atoms with E-state index in [-0.39, 0.29) is 23.9 Å². The first-order chi connectivity index (χ1) is 10.3. The minimum Gasteiger partial charge on any atom is -0.465 e. The number of nitrogens with zero attached hydrogens (tertiary/aromatic N) is 2. The number of benzene rings is 1. The molecule has 8 heteroatoms. The molecular weight excluding hydrogens is 313 g/mol. The van der Waals surface area contributed by atoms with Crippen LogP contribution in [0.5, 0.6) is 0 Å². The lowest BCUT2D eigenvalue weighted by Crippen LogP contribution is -2.73. The summed E-state index contributed by atoms with van der Waals surface area (Å²) < 4.78 is 13.3. The van der Waals surface area contributed by atoms with Crippen LogP contribution in [-0.2, 0) is 4.79 Å². The zero-order valence-corrected chi connectivity index (χ0v) is 13.0. The van der Waals surface area contributed by atoms with Crippen molar-refractivity contribution in [1.82, 2.24) is 10.2 Å². The van der Waals surface area contributed by atoms with Crippen molar-refractivity contribution in [1.29, 1.82) is 0 Å². The highest BCUT2D eigenvalue weighted by Gasteiger charge is 2.47. The zero-order valence-electron chi connectivity index (χ0n) is 12.3. The van der Waals surface area contributed by atoms with Gasteiger partial charge in [-0.25, -0.2) is 9.18 Å². The van der Waals surface area contributed by atoms with Gasteiger partial charge in [0, 0.05) is 18.8 Å². The summed E-state index contributed by atoms with van der Waals surface area (Å²) in [5, 5.41) is 12.1. The third-order valence-corrected chi connectivity index (χ3v) is 4.26. The molecule has 1 fully saturated rings. The molecule has 0 saturated carbocycles. The number of carbonyl (C=O) groups is 2. The van der Waals surface area contributed by atoms with Gasteiger partial charge in [-0.05, 0) is 32.2 Å². The van der Waals surface area contributed by atoms with Crippen molar-refractivity contribution in [3.05, 3.63) is 29.0 Å². The third kappa shape index (κ3) is 2.74. The molecule has 6 nitrogen and oxygen atoms in total. The van der Waals surface area contributed by atoms with E-state index in [9.17, 15) is 19.1 Å². The second-order valence-corrected chi connectivity index (χ2v) is 5.53. The third-order valence-electron chi connectivity index (χ3n) is 3.97. The Hall–Kier alpha value is -1.86. The van der Waals surface area contributed by atoms with Crippen LogP contribution < -0.4 is 10.2 Å². The summed E-state index contributed by atoms with van der Waals surface area (Å²) in [6, 6.07) is 4.27. The molecule has 2 N–H and O–H groups in total. The lowest BCUT2D eigenvalue weighted by Gasteiger charge is -2.48. The van der Waals surface area contributed by atoms with Crippen molar-refractivity contribution < 1.29 is 19.1 Å². The summed E-state index contributed by atoms with van der Waals surface area (Å²) in [5.41, 5.74) is -0.706. The number of piperazine rings is 1. The van der Waals surface area contributed by atoms with Crippen LogP contribution in [0.25, 0.3) is 0 Å². The lowest BCUT2D eigenvalue weighted by molar-refractivity contribution is -0.130. The Balaban J connectivity index is 2.37. The predicted octanol–water partition coefficient (Wildman–Crippen LogP) is 1.78. The van der Waals surface area contributed by atoms with Gasteiger partial charge in [0.05, 0.1) is 11.6 Å². The monoisotopic (exact) mass is 329 g/mol. The molecule has 1 saturated heterocycles. The standard InChI is InChI=1S/C14H17ClFN3O3/c1-9(20)14(17-2)8-18(5-6-19(14)13(21)22)10-3-4-12(16)11(15)7-10/h3-4,7,17H,5-6,8H2,1-2H3,(H,21,22). The molecule has 1 aromatic rings. The molecule has 1 heterocycles. The van der Waals surface area contributed by atoms with Gasteiger partial charge >= 0.3 is 6.09 Å². The molecule has 0 bridgehead atoms. The maximum atomic E-state index is 13.3. The van der Waals surface area contributed by atoms with Crippen molar-refractivity contribution in [3.63, 3.8) is 0 Å². The fourth-order valence-electron chi connectivity index (χ4n) is 2.70. The summed E-state index contributed by atoms with van der Waals surface area (Å²) in [6.07, 6.45) is -1.17. The number of anilines is 1. The summed E-state index contributed by atoms with van der Waals surface area (Å²) in [7, 11) is 1.54. The highest BCUT2D eigenvalue weighted by Crippen LogP contribution is 2.28. The average molecular weight is 330 g/mol. The van der Waals surface area contributed by atoms with Gasteiger partial charge < -0.3 is 10.0 Å². The van der Waals surface area contributed by atoms with Crippen LogP contribution in [0.15, 0.2) is 18.2 Å². The molecule has 1 unspecified atom stereocenters. The molecule has 22 heavy (non-hydrogen) atoms. The van der Waals surface area contributed by atoms with Crippen LogP contribution in [0, 0.1) is 5.82 Å². The van der Waals surface area contributed by atoms with E-state index in [1.54, 1.807) is 13.1 Å². The van der Waals surface area contributed by atoms with Gasteiger partial charge in [-0.2, -0.15) is 0 Å². The Morgan fingerprint density at radius 2 is 2.09 bits per heavy atom. The molecule has 1 amide bonds. The van der Waals surface area contributed by atoms with Gasteiger partial charge in [0.25, 0.3) is 0 Å².